The van der Waals surface area contributed by atoms with Crippen LogP contribution in [0.4, 0.5) is 13.2 Å². The number of nitrogens with one attached hydrogen (secondary N) is 1. The normalized spacial score (nSPS) is 16.1. The first-order chi connectivity index (χ1) is 8.00. The van der Waals surface area contributed by atoms with Gasteiger partial charge in [-0.25, -0.2) is 0 Å². The third-order valence-corrected chi connectivity index (χ3v) is 2.46. The van der Waals surface area contributed by atoms with Crippen molar-refractivity contribution in [1.29, 1.82) is 5.26 Å². The molecule has 6 heteroatoms. The van der Waals surface area contributed by atoms with E-state index in [1.165, 1.54) is 12.1 Å². The van der Waals surface area contributed by atoms with Gasteiger partial charge in [0.1, 0.15) is 11.9 Å². The fourth-order valence-electron chi connectivity index (χ4n) is 1.47. The second-order valence-corrected chi connectivity index (χ2v) is 3.72. The highest BCUT2D eigenvalue weighted by molar-refractivity contribution is 5.44. The van der Waals surface area contributed by atoms with Gasteiger partial charge in [-0.1, -0.05) is 0 Å². The van der Waals surface area contributed by atoms with Gasteiger partial charge in [0.05, 0.1) is 17.2 Å². The SMILES string of the molecule is N#Cc1cc(OC2CNC2)ccc1C(F)(F)F. The summed E-state index contributed by atoms with van der Waals surface area (Å²) in [6.07, 6.45) is -4.54. The maximum absolute atomic E-state index is 12.5. The molecule has 1 aliphatic rings. The van der Waals surface area contributed by atoms with E-state index >= 15 is 0 Å². The zero-order valence-corrected chi connectivity index (χ0v) is 8.71. The van der Waals surface area contributed by atoms with Crippen LogP contribution in [0.2, 0.25) is 0 Å². The van der Waals surface area contributed by atoms with Gasteiger partial charge in [0, 0.05) is 13.1 Å². The van der Waals surface area contributed by atoms with Crippen LogP contribution in [-0.2, 0) is 6.18 Å². The van der Waals surface area contributed by atoms with Crippen molar-refractivity contribution in [3.63, 3.8) is 0 Å². The van der Waals surface area contributed by atoms with Gasteiger partial charge in [-0.05, 0) is 18.2 Å². The summed E-state index contributed by atoms with van der Waals surface area (Å²) in [5.41, 5.74) is -1.35. The van der Waals surface area contributed by atoms with Crippen molar-refractivity contribution in [2.75, 3.05) is 13.1 Å². The molecule has 1 aliphatic heterocycles. The van der Waals surface area contributed by atoms with Gasteiger partial charge in [-0.2, -0.15) is 18.4 Å². The van der Waals surface area contributed by atoms with E-state index in [9.17, 15) is 13.2 Å². The highest BCUT2D eigenvalue weighted by atomic mass is 19.4. The predicted molar refractivity (Wildman–Crippen MR) is 53.4 cm³/mol. The molecule has 0 spiro atoms. The highest BCUT2D eigenvalue weighted by Gasteiger charge is 2.33. The van der Waals surface area contributed by atoms with Crippen molar-refractivity contribution in [1.82, 2.24) is 5.32 Å². The Morgan fingerprint density at radius 2 is 2.06 bits per heavy atom. The van der Waals surface area contributed by atoms with E-state index in [4.69, 9.17) is 10.00 Å². The first-order valence-electron chi connectivity index (χ1n) is 4.99. The molecular weight excluding hydrogens is 233 g/mol. The summed E-state index contributed by atoms with van der Waals surface area (Å²) in [7, 11) is 0. The average molecular weight is 242 g/mol. The van der Waals surface area contributed by atoms with Gasteiger partial charge in [0.25, 0.3) is 0 Å². The van der Waals surface area contributed by atoms with Crippen molar-refractivity contribution in [2.24, 2.45) is 0 Å². The van der Waals surface area contributed by atoms with Crippen molar-refractivity contribution < 1.29 is 17.9 Å². The molecule has 0 atom stereocenters. The lowest BCUT2D eigenvalue weighted by Gasteiger charge is -2.28. The minimum absolute atomic E-state index is 0.0294. The largest absolute Gasteiger partial charge is 0.488 e. The van der Waals surface area contributed by atoms with E-state index < -0.39 is 17.3 Å². The van der Waals surface area contributed by atoms with E-state index in [2.05, 4.69) is 5.32 Å². The second-order valence-electron chi connectivity index (χ2n) is 3.72. The fourth-order valence-corrected chi connectivity index (χ4v) is 1.47. The van der Waals surface area contributed by atoms with Crippen molar-refractivity contribution >= 4 is 0 Å². The Morgan fingerprint density at radius 3 is 2.53 bits per heavy atom. The fraction of sp³-hybridized carbons (Fsp3) is 0.364. The monoisotopic (exact) mass is 242 g/mol. The number of hydrogen-bond acceptors (Lipinski definition) is 3. The van der Waals surface area contributed by atoms with Crippen LogP contribution >= 0.6 is 0 Å². The number of benzene rings is 1. The molecule has 1 N–H and O–H groups in total. The third-order valence-electron chi connectivity index (χ3n) is 2.46. The molecule has 1 aromatic rings. The van der Waals surface area contributed by atoms with Crippen LogP contribution in [0.3, 0.4) is 0 Å². The Bertz CT molecular complexity index is 461. The summed E-state index contributed by atoms with van der Waals surface area (Å²) in [4.78, 5) is 0. The molecular formula is C11H9F3N2O. The maximum Gasteiger partial charge on any atom is 0.417 e. The van der Waals surface area contributed by atoms with Crippen LogP contribution < -0.4 is 10.1 Å². The Balaban J connectivity index is 2.25. The lowest BCUT2D eigenvalue weighted by atomic mass is 10.1. The lowest BCUT2D eigenvalue weighted by molar-refractivity contribution is -0.137. The smallest absolute Gasteiger partial charge is 0.417 e. The minimum Gasteiger partial charge on any atom is -0.488 e. The van der Waals surface area contributed by atoms with Crippen LogP contribution in [0.15, 0.2) is 18.2 Å². The Kier molecular flexibility index (Phi) is 2.94. The number of hydrogen-bond donors (Lipinski definition) is 1. The summed E-state index contributed by atoms with van der Waals surface area (Å²) in [5, 5.41) is 11.7. The molecule has 0 unspecified atom stereocenters. The summed E-state index contributed by atoms with van der Waals surface area (Å²) < 4.78 is 42.9. The highest BCUT2D eigenvalue weighted by Crippen LogP contribution is 2.33. The van der Waals surface area contributed by atoms with E-state index in [1.807, 2.05) is 0 Å². The molecule has 1 fully saturated rings. The molecule has 0 aromatic heterocycles. The number of rotatable bonds is 2. The number of alkyl halides is 3. The van der Waals surface area contributed by atoms with E-state index in [0.717, 1.165) is 12.1 Å². The van der Waals surface area contributed by atoms with Crippen LogP contribution in [0.5, 0.6) is 5.75 Å². The third kappa shape index (κ3) is 2.50. The molecule has 3 nitrogen and oxygen atoms in total. The molecule has 2 rings (SSSR count). The Labute approximate surface area is 95.8 Å². The van der Waals surface area contributed by atoms with Crippen molar-refractivity contribution in [3.8, 4) is 11.8 Å². The molecule has 0 radical (unpaired) electrons. The zero-order valence-electron chi connectivity index (χ0n) is 8.71. The van der Waals surface area contributed by atoms with Crippen LogP contribution in [0.1, 0.15) is 11.1 Å². The van der Waals surface area contributed by atoms with Crippen molar-refractivity contribution in [2.45, 2.75) is 12.3 Å². The number of nitriles is 1. The van der Waals surface area contributed by atoms with Gasteiger partial charge >= 0.3 is 6.18 Å². The zero-order chi connectivity index (χ0) is 12.5. The van der Waals surface area contributed by atoms with Crippen molar-refractivity contribution in [3.05, 3.63) is 29.3 Å². The minimum atomic E-state index is -4.51. The lowest BCUT2D eigenvalue weighted by Crippen LogP contribution is -2.50. The van der Waals surface area contributed by atoms with Crippen LogP contribution in [0, 0.1) is 11.3 Å². The first-order valence-corrected chi connectivity index (χ1v) is 4.99. The quantitative estimate of drug-likeness (QED) is 0.861. The molecule has 1 saturated heterocycles. The van der Waals surface area contributed by atoms with E-state index in [-0.39, 0.29) is 6.10 Å². The second kappa shape index (κ2) is 4.26. The number of nitrogens with zero attached hydrogens (tertiary/aromatic N) is 1. The molecule has 0 amide bonds. The van der Waals surface area contributed by atoms with Crippen LogP contribution in [-0.4, -0.2) is 19.2 Å². The van der Waals surface area contributed by atoms with Gasteiger partial charge in [0.2, 0.25) is 0 Å². The topological polar surface area (TPSA) is 45.0 Å². The van der Waals surface area contributed by atoms with Gasteiger partial charge in [-0.3, -0.25) is 0 Å². The standard InChI is InChI=1S/C11H9F3N2O/c12-11(13,14)10-2-1-8(3-7(10)4-15)17-9-5-16-6-9/h1-3,9,16H,5-6H2. The number of halogens is 3. The summed E-state index contributed by atoms with van der Waals surface area (Å²) in [6.45, 7) is 1.34. The van der Waals surface area contributed by atoms with Gasteiger partial charge in [-0.15, -0.1) is 0 Å². The summed E-state index contributed by atoms with van der Waals surface area (Å²) in [6, 6.07) is 4.78. The molecule has 90 valence electrons. The molecule has 0 saturated carbocycles. The molecule has 1 heterocycles. The van der Waals surface area contributed by atoms with Gasteiger partial charge < -0.3 is 10.1 Å². The van der Waals surface area contributed by atoms with Crippen LogP contribution in [0.25, 0.3) is 0 Å². The first kappa shape index (κ1) is 11.7. The van der Waals surface area contributed by atoms with Gasteiger partial charge in [0.15, 0.2) is 0 Å². The number of ether oxygens (including phenoxy) is 1. The average Bonchev–Trinajstić information content (AvgIpc) is 2.21. The summed E-state index contributed by atoms with van der Waals surface area (Å²) in [5.74, 6) is 0.293. The predicted octanol–water partition coefficient (Wildman–Crippen LogP) is 1.93. The molecule has 0 aliphatic carbocycles. The molecule has 17 heavy (non-hydrogen) atoms. The maximum atomic E-state index is 12.5. The van der Waals surface area contributed by atoms with E-state index in [1.54, 1.807) is 0 Å². The Morgan fingerprint density at radius 1 is 1.35 bits per heavy atom. The van der Waals surface area contributed by atoms with E-state index in [0.29, 0.717) is 18.8 Å². The molecule has 1 aromatic carbocycles. The Hall–Kier alpha value is -1.74. The molecule has 0 bridgehead atoms. The summed E-state index contributed by atoms with van der Waals surface area (Å²) >= 11 is 0.